The molecule has 1 N–H and O–H groups in total. The first-order valence-corrected chi connectivity index (χ1v) is 7.99. The Balaban J connectivity index is 1.84. The highest BCUT2D eigenvalue weighted by Gasteiger charge is 2.37. The molecule has 1 atom stereocenters. The summed E-state index contributed by atoms with van der Waals surface area (Å²) in [6.45, 7) is 1.81. The number of halogens is 2. The lowest BCUT2D eigenvalue weighted by atomic mass is 10.1. The molecule has 0 saturated carbocycles. The number of rotatable bonds is 3. The van der Waals surface area contributed by atoms with E-state index < -0.39 is 6.04 Å². The van der Waals surface area contributed by atoms with E-state index in [4.69, 9.17) is 11.6 Å². The van der Waals surface area contributed by atoms with Crippen molar-refractivity contribution in [2.75, 3.05) is 10.2 Å². The number of benzene rings is 2. The quantitative estimate of drug-likeness (QED) is 0.915. The zero-order valence-electron chi connectivity index (χ0n) is 13.1. The molecule has 24 heavy (non-hydrogen) atoms. The van der Waals surface area contributed by atoms with Crippen molar-refractivity contribution in [3.8, 4) is 0 Å². The molecule has 2 aromatic carbocycles. The number of carbonyl (C=O) groups excluding carboxylic acids is 2. The minimum absolute atomic E-state index is 0.149. The van der Waals surface area contributed by atoms with Crippen LogP contribution in [0.2, 0.25) is 5.02 Å². The highest BCUT2D eigenvalue weighted by molar-refractivity contribution is 6.31. The zero-order valence-corrected chi connectivity index (χ0v) is 13.8. The van der Waals surface area contributed by atoms with Gasteiger partial charge in [-0.15, -0.1) is 0 Å². The normalized spacial score (nSPS) is 17.2. The van der Waals surface area contributed by atoms with Crippen molar-refractivity contribution in [3.05, 3.63) is 58.9 Å². The molecule has 0 bridgehead atoms. The molecule has 1 aliphatic heterocycles. The maximum absolute atomic E-state index is 13.1. The molecule has 0 radical (unpaired) electrons. The van der Waals surface area contributed by atoms with Crippen molar-refractivity contribution in [2.45, 2.75) is 25.8 Å². The van der Waals surface area contributed by atoms with Gasteiger partial charge in [-0.25, -0.2) is 4.39 Å². The molecular formula is C18H16ClFN2O2. The minimum Gasteiger partial charge on any atom is -0.324 e. The van der Waals surface area contributed by atoms with Crippen LogP contribution in [0.25, 0.3) is 0 Å². The molecule has 1 saturated heterocycles. The Morgan fingerprint density at radius 1 is 1.25 bits per heavy atom. The van der Waals surface area contributed by atoms with E-state index in [1.807, 2.05) is 6.92 Å². The molecule has 6 heteroatoms. The predicted octanol–water partition coefficient (Wildman–Crippen LogP) is 3.92. The van der Waals surface area contributed by atoms with Crippen LogP contribution in [0.15, 0.2) is 42.5 Å². The highest BCUT2D eigenvalue weighted by atomic mass is 35.5. The van der Waals surface area contributed by atoms with Gasteiger partial charge in [0.25, 0.3) is 0 Å². The third kappa shape index (κ3) is 3.12. The third-order valence-corrected chi connectivity index (χ3v) is 4.55. The Labute approximate surface area is 144 Å². The Bertz CT molecular complexity index is 792. The van der Waals surface area contributed by atoms with Crippen LogP contribution in [0.3, 0.4) is 0 Å². The number of hydrogen-bond donors (Lipinski definition) is 1. The van der Waals surface area contributed by atoms with Crippen LogP contribution in [0.4, 0.5) is 15.8 Å². The van der Waals surface area contributed by atoms with Gasteiger partial charge in [-0.1, -0.05) is 17.7 Å². The van der Waals surface area contributed by atoms with Crippen LogP contribution >= 0.6 is 11.6 Å². The van der Waals surface area contributed by atoms with Crippen molar-refractivity contribution in [1.29, 1.82) is 0 Å². The lowest BCUT2D eigenvalue weighted by Gasteiger charge is -2.24. The van der Waals surface area contributed by atoms with Crippen LogP contribution in [0.5, 0.6) is 0 Å². The first-order chi connectivity index (χ1) is 11.5. The maximum Gasteiger partial charge on any atom is 0.247 e. The molecule has 3 rings (SSSR count). The third-order valence-electron chi connectivity index (χ3n) is 4.15. The van der Waals surface area contributed by atoms with Crippen molar-refractivity contribution < 1.29 is 14.0 Å². The first-order valence-electron chi connectivity index (χ1n) is 7.61. The van der Waals surface area contributed by atoms with Crippen LogP contribution in [0.1, 0.15) is 18.4 Å². The summed E-state index contributed by atoms with van der Waals surface area (Å²) in [5, 5.41) is 3.39. The van der Waals surface area contributed by atoms with E-state index in [1.165, 1.54) is 29.2 Å². The molecule has 124 valence electrons. The topological polar surface area (TPSA) is 49.4 Å². The van der Waals surface area contributed by atoms with E-state index in [0.29, 0.717) is 22.8 Å². The van der Waals surface area contributed by atoms with Gasteiger partial charge in [0, 0.05) is 22.8 Å². The van der Waals surface area contributed by atoms with Gasteiger partial charge in [-0.2, -0.15) is 0 Å². The number of nitrogens with zero attached hydrogens (tertiary/aromatic N) is 1. The predicted molar refractivity (Wildman–Crippen MR) is 91.7 cm³/mol. The summed E-state index contributed by atoms with van der Waals surface area (Å²) in [6, 6.07) is 10.2. The molecule has 0 aliphatic carbocycles. The molecule has 1 fully saturated rings. The van der Waals surface area contributed by atoms with Gasteiger partial charge in [0.2, 0.25) is 11.8 Å². The van der Waals surface area contributed by atoms with E-state index in [0.717, 1.165) is 5.56 Å². The second-order valence-corrected chi connectivity index (χ2v) is 6.10. The number of nitrogens with one attached hydrogen (secondary N) is 1. The molecule has 4 nitrogen and oxygen atoms in total. The van der Waals surface area contributed by atoms with Gasteiger partial charge in [0.15, 0.2) is 0 Å². The largest absolute Gasteiger partial charge is 0.324 e. The van der Waals surface area contributed by atoms with Gasteiger partial charge >= 0.3 is 0 Å². The Kier molecular flexibility index (Phi) is 4.53. The van der Waals surface area contributed by atoms with Crippen molar-refractivity contribution in [3.63, 3.8) is 0 Å². The molecule has 1 unspecified atom stereocenters. The lowest BCUT2D eigenvalue weighted by Crippen LogP contribution is -2.41. The zero-order chi connectivity index (χ0) is 17.3. The second-order valence-electron chi connectivity index (χ2n) is 5.70. The summed E-state index contributed by atoms with van der Waals surface area (Å²) in [6.07, 6.45) is 0.700. The van der Waals surface area contributed by atoms with Gasteiger partial charge in [0.1, 0.15) is 11.9 Å². The van der Waals surface area contributed by atoms with Crippen LogP contribution < -0.4 is 10.2 Å². The molecule has 1 heterocycles. The Morgan fingerprint density at radius 3 is 2.67 bits per heavy atom. The van der Waals surface area contributed by atoms with Crippen molar-refractivity contribution in [2.24, 2.45) is 0 Å². The molecule has 2 amide bonds. The number of carbonyl (C=O) groups is 2. The van der Waals surface area contributed by atoms with E-state index in [1.54, 1.807) is 18.2 Å². The van der Waals surface area contributed by atoms with Gasteiger partial charge in [-0.05, 0) is 55.3 Å². The molecule has 2 aromatic rings. The summed E-state index contributed by atoms with van der Waals surface area (Å²) in [5.74, 6) is -0.818. The summed E-state index contributed by atoms with van der Waals surface area (Å²) < 4.78 is 13.1. The number of anilines is 2. The van der Waals surface area contributed by atoms with E-state index in [9.17, 15) is 14.0 Å². The highest BCUT2D eigenvalue weighted by Crippen LogP contribution is 2.29. The SMILES string of the molecule is Cc1c(Cl)cccc1NC(=O)C1CCC(=O)N1c1ccc(F)cc1. The molecule has 0 aromatic heterocycles. The number of hydrogen-bond acceptors (Lipinski definition) is 2. The molecule has 1 aliphatic rings. The van der Waals surface area contributed by atoms with Gasteiger partial charge in [-0.3, -0.25) is 14.5 Å². The van der Waals surface area contributed by atoms with E-state index in [2.05, 4.69) is 5.32 Å². The summed E-state index contributed by atoms with van der Waals surface area (Å²) in [7, 11) is 0. The van der Waals surface area contributed by atoms with Gasteiger partial charge < -0.3 is 5.32 Å². The van der Waals surface area contributed by atoms with E-state index in [-0.39, 0.29) is 24.1 Å². The number of amides is 2. The Hall–Kier alpha value is -2.40. The smallest absolute Gasteiger partial charge is 0.247 e. The minimum atomic E-state index is -0.624. The van der Waals surface area contributed by atoms with E-state index >= 15 is 0 Å². The maximum atomic E-state index is 13.1. The summed E-state index contributed by atoms with van der Waals surface area (Å²) >= 11 is 6.07. The van der Waals surface area contributed by atoms with Crippen molar-refractivity contribution >= 4 is 34.8 Å². The second kappa shape index (κ2) is 6.61. The molecule has 0 spiro atoms. The fourth-order valence-corrected chi connectivity index (χ4v) is 2.99. The average Bonchev–Trinajstić information content (AvgIpc) is 2.94. The fourth-order valence-electron chi connectivity index (χ4n) is 2.82. The monoisotopic (exact) mass is 346 g/mol. The lowest BCUT2D eigenvalue weighted by molar-refractivity contribution is -0.120. The van der Waals surface area contributed by atoms with Crippen LogP contribution in [-0.4, -0.2) is 17.9 Å². The standard InChI is InChI=1S/C18H16ClFN2O2/c1-11-14(19)3-2-4-15(11)21-18(24)16-9-10-17(23)22(16)13-7-5-12(20)6-8-13/h2-8,16H,9-10H2,1H3,(H,21,24). The molecular weight excluding hydrogens is 331 g/mol. The van der Waals surface area contributed by atoms with Crippen molar-refractivity contribution in [1.82, 2.24) is 0 Å². The van der Waals surface area contributed by atoms with Crippen LogP contribution in [-0.2, 0) is 9.59 Å². The van der Waals surface area contributed by atoms with Gasteiger partial charge in [0.05, 0.1) is 0 Å². The average molecular weight is 347 g/mol. The summed E-state index contributed by atoms with van der Waals surface area (Å²) in [4.78, 5) is 26.3. The fraction of sp³-hybridized carbons (Fsp3) is 0.222. The summed E-state index contributed by atoms with van der Waals surface area (Å²) in [5.41, 5.74) is 1.90. The Morgan fingerprint density at radius 2 is 1.96 bits per heavy atom. The first kappa shape index (κ1) is 16.5. The van der Waals surface area contributed by atoms with Crippen LogP contribution in [0, 0.1) is 12.7 Å².